The lowest BCUT2D eigenvalue weighted by atomic mass is 10.1. The van der Waals surface area contributed by atoms with E-state index in [0.717, 1.165) is 0 Å². The first kappa shape index (κ1) is 10.0. The van der Waals surface area contributed by atoms with Crippen LogP contribution in [0.15, 0.2) is 23.8 Å². The molecule has 1 atom stereocenters. The molecule has 0 saturated carbocycles. The van der Waals surface area contributed by atoms with E-state index in [-0.39, 0.29) is 10.4 Å². The van der Waals surface area contributed by atoms with Gasteiger partial charge in [0.05, 0.1) is 10.4 Å². The van der Waals surface area contributed by atoms with Crippen molar-refractivity contribution in [3.63, 3.8) is 0 Å². The second kappa shape index (κ2) is 3.76. The molecule has 1 N–H and O–H groups in total. The second-order valence-corrected chi connectivity index (χ2v) is 3.66. The van der Waals surface area contributed by atoms with Crippen molar-refractivity contribution in [2.75, 3.05) is 0 Å². The summed E-state index contributed by atoms with van der Waals surface area (Å²) in [6.45, 7) is 0. The fraction of sp³-hybridized carbons (Fsp3) is 0.143. The molecular formula is C7H5ClO4S. The highest BCUT2D eigenvalue weighted by Gasteiger charge is 2.24. The Morgan fingerprint density at radius 3 is 2.62 bits per heavy atom. The van der Waals surface area contributed by atoms with Gasteiger partial charge in [-0.1, -0.05) is 6.08 Å². The van der Waals surface area contributed by atoms with E-state index >= 15 is 0 Å². The topological polar surface area (TPSA) is 71.4 Å². The zero-order valence-corrected chi connectivity index (χ0v) is 7.84. The molecule has 0 aromatic rings. The Balaban J connectivity index is 3.23. The van der Waals surface area contributed by atoms with Crippen molar-refractivity contribution in [1.29, 1.82) is 0 Å². The predicted molar refractivity (Wildman–Crippen MR) is 48.4 cm³/mol. The molecule has 4 nitrogen and oxygen atoms in total. The Kier molecular flexibility index (Phi) is 2.90. The van der Waals surface area contributed by atoms with E-state index in [9.17, 15) is 13.2 Å². The summed E-state index contributed by atoms with van der Waals surface area (Å²) in [6, 6.07) is 0. The molecule has 0 bridgehead atoms. The number of carboxylic acids is 1. The molecule has 6 heteroatoms. The Labute approximate surface area is 80.7 Å². The molecule has 0 heterocycles. The molecule has 70 valence electrons. The van der Waals surface area contributed by atoms with E-state index in [1.165, 1.54) is 18.2 Å². The summed E-state index contributed by atoms with van der Waals surface area (Å²) in [6.07, 6.45) is 3.89. The molecule has 1 aliphatic rings. The van der Waals surface area contributed by atoms with Crippen molar-refractivity contribution < 1.29 is 18.3 Å². The van der Waals surface area contributed by atoms with Gasteiger partial charge < -0.3 is 5.11 Å². The van der Waals surface area contributed by atoms with Gasteiger partial charge in [-0.25, -0.2) is 4.79 Å². The molecular weight excluding hydrogens is 216 g/mol. The lowest BCUT2D eigenvalue weighted by molar-refractivity contribution is -0.132. The zero-order valence-electron chi connectivity index (χ0n) is 6.27. The summed E-state index contributed by atoms with van der Waals surface area (Å²) < 4.78 is 21.1. The summed E-state index contributed by atoms with van der Waals surface area (Å²) in [5.74, 6) is -1.22. The molecule has 1 unspecified atom stereocenters. The fourth-order valence-electron chi connectivity index (χ4n) is 0.889. The van der Waals surface area contributed by atoms with Crippen LogP contribution >= 0.6 is 11.6 Å². The van der Waals surface area contributed by atoms with Crippen molar-refractivity contribution in [3.05, 3.63) is 23.8 Å². The maximum absolute atomic E-state index is 10.5. The van der Waals surface area contributed by atoms with E-state index in [1.54, 1.807) is 0 Å². The average molecular weight is 221 g/mol. The quantitative estimate of drug-likeness (QED) is 0.507. The van der Waals surface area contributed by atoms with Crippen LogP contribution in [0.4, 0.5) is 0 Å². The maximum Gasteiger partial charge on any atom is 0.333 e. The van der Waals surface area contributed by atoms with Gasteiger partial charge in [0.25, 0.3) is 0 Å². The molecule has 0 aliphatic heterocycles. The van der Waals surface area contributed by atoms with Crippen LogP contribution in [0.25, 0.3) is 0 Å². The van der Waals surface area contributed by atoms with Gasteiger partial charge in [-0.3, -0.25) is 0 Å². The Hall–Kier alpha value is -1.07. The summed E-state index contributed by atoms with van der Waals surface area (Å²) in [5.41, 5.74) is -0.136. The van der Waals surface area contributed by atoms with Gasteiger partial charge in [-0.05, 0) is 12.2 Å². The summed E-state index contributed by atoms with van der Waals surface area (Å²) in [7, 11) is -2.48. The minimum Gasteiger partial charge on any atom is -0.478 e. The van der Waals surface area contributed by atoms with E-state index in [2.05, 4.69) is 0 Å². The van der Waals surface area contributed by atoms with E-state index in [4.69, 9.17) is 16.7 Å². The van der Waals surface area contributed by atoms with Crippen molar-refractivity contribution >= 4 is 32.7 Å². The molecule has 0 radical (unpaired) electrons. The third kappa shape index (κ3) is 1.99. The summed E-state index contributed by atoms with van der Waals surface area (Å²) in [5, 5.41) is 7.51. The Bertz CT molecular complexity index is 421. The largest absolute Gasteiger partial charge is 0.478 e. The molecule has 0 amide bonds. The van der Waals surface area contributed by atoms with Crippen molar-refractivity contribution in [2.45, 2.75) is 5.38 Å². The van der Waals surface area contributed by atoms with Gasteiger partial charge in [0, 0.05) is 0 Å². The third-order valence-corrected chi connectivity index (χ3v) is 2.85. The summed E-state index contributed by atoms with van der Waals surface area (Å²) in [4.78, 5) is 10.4. The average Bonchev–Trinajstić information content (AvgIpc) is 2.03. The number of halogens is 1. The van der Waals surface area contributed by atoms with Gasteiger partial charge >= 0.3 is 5.97 Å². The highest BCUT2D eigenvalue weighted by molar-refractivity contribution is 7.73. The van der Waals surface area contributed by atoms with Gasteiger partial charge in [-0.15, -0.1) is 11.6 Å². The van der Waals surface area contributed by atoms with Crippen LogP contribution in [0.2, 0.25) is 0 Å². The molecule has 13 heavy (non-hydrogen) atoms. The molecule has 0 aromatic heterocycles. The Morgan fingerprint density at radius 2 is 2.15 bits per heavy atom. The monoisotopic (exact) mass is 220 g/mol. The van der Waals surface area contributed by atoms with Crippen molar-refractivity contribution in [1.82, 2.24) is 0 Å². The minimum absolute atomic E-state index is 0.124. The SMILES string of the molecule is O=C(O)C1=CC=CC(=S(=O)=O)C1Cl. The molecule has 0 fully saturated rings. The lowest BCUT2D eigenvalue weighted by Gasteiger charge is -2.10. The first-order valence-electron chi connectivity index (χ1n) is 3.25. The molecule has 0 aromatic carbocycles. The highest BCUT2D eigenvalue weighted by atomic mass is 35.5. The van der Waals surface area contributed by atoms with Crippen LogP contribution in [0.5, 0.6) is 0 Å². The number of carboxylic acid groups (broad SMARTS) is 1. The number of hydrogen-bond donors (Lipinski definition) is 1. The minimum atomic E-state index is -2.48. The molecule has 0 saturated heterocycles. The van der Waals surface area contributed by atoms with Gasteiger partial charge in [-0.2, -0.15) is 8.42 Å². The molecule has 0 spiro atoms. The second-order valence-electron chi connectivity index (χ2n) is 2.29. The first-order chi connectivity index (χ1) is 6.04. The third-order valence-electron chi connectivity index (χ3n) is 1.50. The maximum atomic E-state index is 10.5. The van der Waals surface area contributed by atoms with Gasteiger partial charge in [0.15, 0.2) is 0 Å². The van der Waals surface area contributed by atoms with E-state index < -0.39 is 21.6 Å². The highest BCUT2D eigenvalue weighted by Crippen LogP contribution is 2.16. The van der Waals surface area contributed by atoms with Crippen LogP contribution in [-0.2, 0) is 15.1 Å². The lowest BCUT2D eigenvalue weighted by Crippen LogP contribution is -2.23. The van der Waals surface area contributed by atoms with Crippen LogP contribution in [-0.4, -0.2) is 29.7 Å². The number of carbonyl (C=O) groups is 1. The molecule has 1 aliphatic carbocycles. The standard InChI is InChI=1S/C7H5ClO4S/c8-6-4(7(9)10)2-1-3-5(6)13(11)12/h1-3,6H,(H,9,10). The smallest absolute Gasteiger partial charge is 0.333 e. The number of hydrogen-bond acceptors (Lipinski definition) is 3. The van der Waals surface area contributed by atoms with Crippen molar-refractivity contribution in [2.24, 2.45) is 0 Å². The summed E-state index contributed by atoms with van der Waals surface area (Å²) >= 11 is 5.61. The van der Waals surface area contributed by atoms with Crippen LogP contribution in [0.1, 0.15) is 0 Å². The number of allylic oxidation sites excluding steroid dienone is 3. The fourth-order valence-corrected chi connectivity index (χ4v) is 1.83. The zero-order chi connectivity index (χ0) is 10.0. The van der Waals surface area contributed by atoms with Gasteiger partial charge in [0.2, 0.25) is 10.3 Å². The van der Waals surface area contributed by atoms with Crippen molar-refractivity contribution in [3.8, 4) is 0 Å². The van der Waals surface area contributed by atoms with Crippen LogP contribution < -0.4 is 0 Å². The molecule has 1 rings (SSSR count). The normalized spacial score (nSPS) is 21.2. The van der Waals surface area contributed by atoms with Crippen LogP contribution in [0.3, 0.4) is 0 Å². The predicted octanol–water partition coefficient (Wildman–Crippen LogP) is 0.226. The van der Waals surface area contributed by atoms with Crippen LogP contribution in [0, 0.1) is 0 Å². The number of rotatable bonds is 1. The number of alkyl halides is 1. The Morgan fingerprint density at radius 1 is 1.54 bits per heavy atom. The van der Waals surface area contributed by atoms with E-state index in [1.807, 2.05) is 0 Å². The van der Waals surface area contributed by atoms with E-state index in [0.29, 0.717) is 0 Å². The number of aliphatic carboxylic acids is 1. The van der Waals surface area contributed by atoms with Gasteiger partial charge in [0.1, 0.15) is 5.38 Å². The first-order valence-corrected chi connectivity index (χ1v) is 4.77.